The number of hydrogen-bond acceptors (Lipinski definition) is 6. The summed E-state index contributed by atoms with van der Waals surface area (Å²) in [5.41, 5.74) is 1.04. The fourth-order valence-electron chi connectivity index (χ4n) is 2.84. The highest BCUT2D eigenvalue weighted by Crippen LogP contribution is 2.17. The SMILES string of the molecule is COC(=O)c1ccc([C@H](C)NCC2COCCN2C(=O)OC(C)(C)C)cc1. The van der Waals surface area contributed by atoms with Crippen LogP contribution < -0.4 is 5.32 Å². The van der Waals surface area contributed by atoms with Crippen molar-refractivity contribution in [2.24, 2.45) is 0 Å². The molecule has 27 heavy (non-hydrogen) atoms. The number of hydrogen-bond donors (Lipinski definition) is 1. The molecule has 1 fully saturated rings. The summed E-state index contributed by atoms with van der Waals surface area (Å²) >= 11 is 0. The minimum absolute atomic E-state index is 0.0547. The zero-order valence-corrected chi connectivity index (χ0v) is 16.8. The van der Waals surface area contributed by atoms with Gasteiger partial charge in [-0.25, -0.2) is 9.59 Å². The first kappa shape index (κ1) is 21.2. The van der Waals surface area contributed by atoms with Crippen molar-refractivity contribution >= 4 is 12.1 Å². The number of carbonyl (C=O) groups excluding carboxylic acids is 2. The second kappa shape index (κ2) is 9.19. The minimum Gasteiger partial charge on any atom is -0.465 e. The maximum Gasteiger partial charge on any atom is 0.410 e. The average molecular weight is 378 g/mol. The highest BCUT2D eigenvalue weighted by molar-refractivity contribution is 5.89. The molecule has 1 aliphatic rings. The predicted molar refractivity (Wildman–Crippen MR) is 102 cm³/mol. The van der Waals surface area contributed by atoms with E-state index in [1.54, 1.807) is 17.0 Å². The first-order valence-electron chi connectivity index (χ1n) is 9.20. The quantitative estimate of drug-likeness (QED) is 0.794. The summed E-state index contributed by atoms with van der Waals surface area (Å²) in [5, 5.41) is 3.43. The molecule has 2 rings (SSSR count). The third-order valence-corrected chi connectivity index (χ3v) is 4.35. The molecular formula is C20H30N2O5. The lowest BCUT2D eigenvalue weighted by Crippen LogP contribution is -2.54. The van der Waals surface area contributed by atoms with Crippen molar-refractivity contribution in [1.29, 1.82) is 0 Å². The van der Waals surface area contributed by atoms with Gasteiger partial charge >= 0.3 is 12.1 Å². The summed E-state index contributed by atoms with van der Waals surface area (Å²) in [4.78, 5) is 25.7. The Hall–Kier alpha value is -2.12. The molecule has 0 aromatic heterocycles. The van der Waals surface area contributed by atoms with Crippen LogP contribution in [0, 0.1) is 0 Å². The molecule has 7 heteroatoms. The molecule has 1 aromatic carbocycles. The van der Waals surface area contributed by atoms with Crippen LogP contribution in [0.5, 0.6) is 0 Å². The monoisotopic (exact) mass is 378 g/mol. The van der Waals surface area contributed by atoms with Crippen LogP contribution in [-0.2, 0) is 14.2 Å². The minimum atomic E-state index is -0.526. The van der Waals surface area contributed by atoms with Crippen molar-refractivity contribution in [3.8, 4) is 0 Å². The number of amides is 1. The zero-order chi connectivity index (χ0) is 20.0. The number of carbonyl (C=O) groups is 2. The maximum absolute atomic E-state index is 12.4. The highest BCUT2D eigenvalue weighted by atomic mass is 16.6. The topological polar surface area (TPSA) is 77.1 Å². The summed E-state index contributed by atoms with van der Waals surface area (Å²) < 4.78 is 15.8. The Morgan fingerprint density at radius 1 is 1.30 bits per heavy atom. The number of nitrogens with zero attached hydrogens (tertiary/aromatic N) is 1. The molecule has 1 saturated heterocycles. The Morgan fingerprint density at radius 2 is 1.96 bits per heavy atom. The molecule has 1 aliphatic heterocycles. The van der Waals surface area contributed by atoms with Gasteiger partial charge in [-0.15, -0.1) is 0 Å². The van der Waals surface area contributed by atoms with Crippen LogP contribution in [0.25, 0.3) is 0 Å². The third kappa shape index (κ3) is 6.22. The number of morpholine rings is 1. The van der Waals surface area contributed by atoms with Gasteiger partial charge in [-0.05, 0) is 45.4 Å². The molecule has 2 atom stereocenters. The van der Waals surface area contributed by atoms with Crippen molar-refractivity contribution in [2.75, 3.05) is 33.4 Å². The van der Waals surface area contributed by atoms with E-state index in [1.165, 1.54) is 7.11 Å². The molecule has 1 amide bonds. The third-order valence-electron chi connectivity index (χ3n) is 4.35. The van der Waals surface area contributed by atoms with E-state index in [4.69, 9.17) is 14.2 Å². The smallest absolute Gasteiger partial charge is 0.410 e. The van der Waals surface area contributed by atoms with E-state index in [1.807, 2.05) is 39.8 Å². The summed E-state index contributed by atoms with van der Waals surface area (Å²) in [6, 6.07) is 7.25. The zero-order valence-electron chi connectivity index (χ0n) is 16.8. The van der Waals surface area contributed by atoms with Gasteiger partial charge in [-0.3, -0.25) is 4.90 Å². The van der Waals surface area contributed by atoms with Gasteiger partial charge in [0.05, 0.1) is 31.9 Å². The van der Waals surface area contributed by atoms with Crippen LogP contribution in [0.4, 0.5) is 4.79 Å². The van der Waals surface area contributed by atoms with Crippen LogP contribution in [-0.4, -0.2) is 62.0 Å². The second-order valence-electron chi connectivity index (χ2n) is 7.65. The number of benzene rings is 1. The van der Waals surface area contributed by atoms with E-state index in [0.29, 0.717) is 31.9 Å². The molecule has 0 spiro atoms. The molecule has 1 aromatic rings. The Balaban J connectivity index is 1.94. The molecule has 0 radical (unpaired) electrons. The Kier molecular flexibility index (Phi) is 7.21. The normalized spacial score (nSPS) is 18.7. The second-order valence-corrected chi connectivity index (χ2v) is 7.65. The number of methoxy groups -OCH3 is 1. The Morgan fingerprint density at radius 3 is 2.56 bits per heavy atom. The van der Waals surface area contributed by atoms with Crippen LogP contribution in [0.2, 0.25) is 0 Å². The van der Waals surface area contributed by atoms with Crippen LogP contribution in [0.1, 0.15) is 49.7 Å². The van der Waals surface area contributed by atoms with E-state index < -0.39 is 5.60 Å². The Labute approximate surface area is 161 Å². The van der Waals surface area contributed by atoms with Gasteiger partial charge in [0, 0.05) is 19.1 Å². The molecule has 1 unspecified atom stereocenters. The fraction of sp³-hybridized carbons (Fsp3) is 0.600. The first-order chi connectivity index (χ1) is 12.7. The standard InChI is InChI=1S/C20H30N2O5/c1-14(15-6-8-16(9-7-15)18(23)25-5)21-12-17-13-26-11-10-22(17)19(24)27-20(2,3)4/h6-9,14,17,21H,10-13H2,1-5H3/t14-,17?/m0/s1. The number of nitrogens with one attached hydrogen (secondary N) is 1. The van der Waals surface area contributed by atoms with E-state index in [9.17, 15) is 9.59 Å². The van der Waals surface area contributed by atoms with Crippen LogP contribution in [0.3, 0.4) is 0 Å². The van der Waals surface area contributed by atoms with E-state index >= 15 is 0 Å². The molecule has 1 N–H and O–H groups in total. The lowest BCUT2D eigenvalue weighted by atomic mass is 10.1. The van der Waals surface area contributed by atoms with E-state index in [0.717, 1.165) is 5.56 Å². The number of rotatable bonds is 5. The van der Waals surface area contributed by atoms with Gasteiger partial charge in [0.1, 0.15) is 5.60 Å². The molecule has 0 saturated carbocycles. The lowest BCUT2D eigenvalue weighted by molar-refractivity contribution is -0.0321. The van der Waals surface area contributed by atoms with Gasteiger partial charge in [0.2, 0.25) is 0 Å². The Bertz CT molecular complexity index is 639. The summed E-state index contributed by atoms with van der Waals surface area (Å²) in [6.45, 7) is 9.70. The lowest BCUT2D eigenvalue weighted by Gasteiger charge is -2.37. The number of esters is 1. The average Bonchev–Trinajstić information content (AvgIpc) is 2.64. The summed E-state index contributed by atoms with van der Waals surface area (Å²) in [6.07, 6.45) is -0.312. The predicted octanol–water partition coefficient (Wildman–Crippen LogP) is 2.76. The highest BCUT2D eigenvalue weighted by Gasteiger charge is 2.31. The van der Waals surface area contributed by atoms with Crippen molar-refractivity contribution in [1.82, 2.24) is 10.2 Å². The van der Waals surface area contributed by atoms with Crippen molar-refractivity contribution in [3.05, 3.63) is 35.4 Å². The molecular weight excluding hydrogens is 348 g/mol. The van der Waals surface area contributed by atoms with Crippen molar-refractivity contribution in [2.45, 2.75) is 45.4 Å². The van der Waals surface area contributed by atoms with Gasteiger partial charge in [0.15, 0.2) is 0 Å². The summed E-state index contributed by atoms with van der Waals surface area (Å²) in [7, 11) is 1.36. The van der Waals surface area contributed by atoms with Crippen molar-refractivity contribution < 1.29 is 23.8 Å². The van der Waals surface area contributed by atoms with Gasteiger partial charge < -0.3 is 19.5 Å². The fourth-order valence-corrected chi connectivity index (χ4v) is 2.84. The molecule has 150 valence electrons. The largest absolute Gasteiger partial charge is 0.465 e. The van der Waals surface area contributed by atoms with Crippen LogP contribution in [0.15, 0.2) is 24.3 Å². The van der Waals surface area contributed by atoms with Crippen molar-refractivity contribution in [3.63, 3.8) is 0 Å². The molecule has 1 heterocycles. The van der Waals surface area contributed by atoms with Gasteiger partial charge in [-0.1, -0.05) is 12.1 Å². The van der Waals surface area contributed by atoms with Gasteiger partial charge in [0.25, 0.3) is 0 Å². The molecule has 0 bridgehead atoms. The number of ether oxygens (including phenoxy) is 3. The van der Waals surface area contributed by atoms with Gasteiger partial charge in [-0.2, -0.15) is 0 Å². The molecule has 0 aliphatic carbocycles. The maximum atomic E-state index is 12.4. The summed E-state index contributed by atoms with van der Waals surface area (Å²) in [5.74, 6) is -0.352. The van der Waals surface area contributed by atoms with E-state index in [2.05, 4.69) is 5.32 Å². The first-order valence-corrected chi connectivity index (χ1v) is 9.20. The molecule has 7 nitrogen and oxygen atoms in total. The van der Waals surface area contributed by atoms with E-state index in [-0.39, 0.29) is 24.1 Å². The van der Waals surface area contributed by atoms with Crippen LogP contribution >= 0.6 is 0 Å².